The minimum atomic E-state index is 0.149. The van der Waals surface area contributed by atoms with E-state index >= 15 is 0 Å². The lowest BCUT2D eigenvalue weighted by Crippen LogP contribution is -2.22. The lowest BCUT2D eigenvalue weighted by Gasteiger charge is -2.17. The molecule has 0 saturated carbocycles. The molecule has 1 aromatic rings. The van der Waals surface area contributed by atoms with Crippen molar-refractivity contribution in [2.24, 2.45) is 0 Å². The van der Waals surface area contributed by atoms with Gasteiger partial charge in [0.2, 0.25) is 0 Å². The van der Waals surface area contributed by atoms with Crippen LogP contribution in [0, 0.1) is 0 Å². The van der Waals surface area contributed by atoms with Crippen molar-refractivity contribution in [2.75, 3.05) is 6.54 Å². The SMILES string of the molecule is O=C1C=CC=CN(Cc2ccccc2)C1. The van der Waals surface area contributed by atoms with Crippen molar-refractivity contribution in [1.82, 2.24) is 4.90 Å². The molecule has 1 aliphatic heterocycles. The number of benzene rings is 1. The Morgan fingerprint density at radius 2 is 1.93 bits per heavy atom. The van der Waals surface area contributed by atoms with E-state index in [0.29, 0.717) is 6.54 Å². The van der Waals surface area contributed by atoms with Crippen molar-refractivity contribution in [3.05, 3.63) is 60.3 Å². The normalized spacial score (nSPS) is 15.5. The summed E-state index contributed by atoms with van der Waals surface area (Å²) in [5, 5.41) is 0. The third-order valence-electron chi connectivity index (χ3n) is 2.28. The first-order valence-electron chi connectivity index (χ1n) is 5.00. The Hall–Kier alpha value is -1.83. The zero-order valence-electron chi connectivity index (χ0n) is 8.47. The van der Waals surface area contributed by atoms with Crippen LogP contribution in [0.2, 0.25) is 0 Å². The fourth-order valence-electron chi connectivity index (χ4n) is 1.57. The summed E-state index contributed by atoms with van der Waals surface area (Å²) in [5.74, 6) is 0.149. The molecule has 0 aromatic heterocycles. The van der Waals surface area contributed by atoms with Gasteiger partial charge in [-0.2, -0.15) is 0 Å². The number of nitrogens with zero attached hydrogens (tertiary/aromatic N) is 1. The second kappa shape index (κ2) is 4.60. The van der Waals surface area contributed by atoms with Crippen LogP contribution in [0.15, 0.2) is 54.8 Å². The minimum absolute atomic E-state index is 0.149. The summed E-state index contributed by atoms with van der Waals surface area (Å²) in [4.78, 5) is 13.3. The largest absolute Gasteiger partial charge is 0.365 e. The van der Waals surface area contributed by atoms with Crippen molar-refractivity contribution >= 4 is 5.78 Å². The number of carbonyl (C=O) groups excluding carboxylic acids is 1. The molecule has 0 spiro atoms. The van der Waals surface area contributed by atoms with Crippen molar-refractivity contribution < 1.29 is 4.79 Å². The van der Waals surface area contributed by atoms with Gasteiger partial charge in [0, 0.05) is 6.54 Å². The van der Waals surface area contributed by atoms with Crippen LogP contribution < -0.4 is 0 Å². The van der Waals surface area contributed by atoms with Crippen molar-refractivity contribution in [2.45, 2.75) is 6.54 Å². The molecule has 1 aliphatic rings. The van der Waals surface area contributed by atoms with E-state index in [9.17, 15) is 4.79 Å². The highest BCUT2D eigenvalue weighted by molar-refractivity contribution is 5.92. The highest BCUT2D eigenvalue weighted by Gasteiger charge is 2.06. The van der Waals surface area contributed by atoms with Gasteiger partial charge in [-0.15, -0.1) is 0 Å². The maximum Gasteiger partial charge on any atom is 0.174 e. The third kappa shape index (κ3) is 2.81. The highest BCUT2D eigenvalue weighted by atomic mass is 16.1. The van der Waals surface area contributed by atoms with E-state index in [2.05, 4.69) is 12.1 Å². The van der Waals surface area contributed by atoms with Gasteiger partial charge in [-0.05, 0) is 23.9 Å². The number of rotatable bonds is 2. The van der Waals surface area contributed by atoms with Crippen LogP contribution in [-0.4, -0.2) is 17.2 Å². The molecule has 15 heavy (non-hydrogen) atoms. The van der Waals surface area contributed by atoms with E-state index < -0.39 is 0 Å². The molecule has 0 N–H and O–H groups in total. The zero-order valence-corrected chi connectivity index (χ0v) is 8.47. The Balaban J connectivity index is 2.04. The lowest BCUT2D eigenvalue weighted by molar-refractivity contribution is -0.115. The van der Waals surface area contributed by atoms with Crippen molar-refractivity contribution in [3.8, 4) is 0 Å². The van der Waals surface area contributed by atoms with Gasteiger partial charge in [0.1, 0.15) is 0 Å². The molecule has 2 nitrogen and oxygen atoms in total. The molecule has 2 heteroatoms. The van der Waals surface area contributed by atoms with Gasteiger partial charge in [0.25, 0.3) is 0 Å². The smallest absolute Gasteiger partial charge is 0.174 e. The van der Waals surface area contributed by atoms with Gasteiger partial charge in [-0.3, -0.25) is 4.79 Å². The molecule has 0 fully saturated rings. The zero-order chi connectivity index (χ0) is 10.5. The Morgan fingerprint density at radius 3 is 2.73 bits per heavy atom. The Bertz CT molecular complexity index is 392. The molecule has 0 amide bonds. The fraction of sp³-hybridized carbons (Fsp3) is 0.154. The number of carbonyl (C=O) groups is 1. The predicted octanol–water partition coefficient (Wildman–Crippen LogP) is 2.14. The first-order chi connectivity index (χ1) is 7.34. The van der Waals surface area contributed by atoms with Gasteiger partial charge >= 0.3 is 0 Å². The second-order valence-corrected chi connectivity index (χ2v) is 3.56. The van der Waals surface area contributed by atoms with Gasteiger partial charge in [-0.25, -0.2) is 0 Å². The standard InChI is InChI=1S/C13H13NO/c15-13-8-4-5-9-14(11-13)10-12-6-2-1-3-7-12/h1-9H,10-11H2. The molecule has 0 saturated heterocycles. The molecule has 0 radical (unpaired) electrons. The molecule has 2 rings (SSSR count). The van der Waals surface area contributed by atoms with Gasteiger partial charge in [0.15, 0.2) is 5.78 Å². The number of hydrogen-bond acceptors (Lipinski definition) is 2. The molecule has 0 aliphatic carbocycles. The molecule has 1 aromatic carbocycles. The summed E-state index contributed by atoms with van der Waals surface area (Å²) in [6.07, 6.45) is 7.25. The van der Waals surface area contributed by atoms with E-state index in [1.807, 2.05) is 35.4 Å². The summed E-state index contributed by atoms with van der Waals surface area (Å²) in [5.41, 5.74) is 1.22. The number of ketones is 1. The van der Waals surface area contributed by atoms with Gasteiger partial charge in [0.05, 0.1) is 6.54 Å². The van der Waals surface area contributed by atoms with Crippen LogP contribution >= 0.6 is 0 Å². The summed E-state index contributed by atoms with van der Waals surface area (Å²) in [6, 6.07) is 10.1. The Morgan fingerprint density at radius 1 is 1.13 bits per heavy atom. The average Bonchev–Trinajstić information content (AvgIpc) is 2.44. The van der Waals surface area contributed by atoms with Crippen LogP contribution in [0.1, 0.15) is 5.56 Å². The highest BCUT2D eigenvalue weighted by Crippen LogP contribution is 2.06. The molecule has 0 unspecified atom stereocenters. The molecular formula is C13H13NO. The van der Waals surface area contributed by atoms with E-state index in [-0.39, 0.29) is 5.78 Å². The molecular weight excluding hydrogens is 186 g/mol. The minimum Gasteiger partial charge on any atom is -0.365 e. The maximum atomic E-state index is 11.3. The summed E-state index contributed by atoms with van der Waals surface area (Å²) >= 11 is 0. The number of allylic oxidation sites excluding steroid dienone is 2. The average molecular weight is 199 g/mol. The molecule has 76 valence electrons. The van der Waals surface area contributed by atoms with Gasteiger partial charge in [-0.1, -0.05) is 36.4 Å². The second-order valence-electron chi connectivity index (χ2n) is 3.56. The van der Waals surface area contributed by atoms with E-state index in [1.165, 1.54) is 5.56 Å². The lowest BCUT2D eigenvalue weighted by atomic mass is 10.2. The van der Waals surface area contributed by atoms with Crippen LogP contribution in [-0.2, 0) is 11.3 Å². The van der Waals surface area contributed by atoms with Gasteiger partial charge < -0.3 is 4.90 Å². The summed E-state index contributed by atoms with van der Waals surface area (Å²) < 4.78 is 0. The monoisotopic (exact) mass is 199 g/mol. The van der Waals surface area contributed by atoms with Crippen LogP contribution in [0.3, 0.4) is 0 Å². The summed E-state index contributed by atoms with van der Waals surface area (Å²) in [7, 11) is 0. The Labute approximate surface area is 89.5 Å². The van der Waals surface area contributed by atoms with Crippen LogP contribution in [0.25, 0.3) is 0 Å². The van der Waals surface area contributed by atoms with E-state index in [1.54, 1.807) is 12.2 Å². The topological polar surface area (TPSA) is 20.3 Å². The van der Waals surface area contributed by atoms with Crippen molar-refractivity contribution in [3.63, 3.8) is 0 Å². The summed E-state index contributed by atoms with van der Waals surface area (Å²) in [6.45, 7) is 1.24. The van der Waals surface area contributed by atoms with Crippen LogP contribution in [0.4, 0.5) is 0 Å². The van der Waals surface area contributed by atoms with Crippen molar-refractivity contribution in [1.29, 1.82) is 0 Å². The van der Waals surface area contributed by atoms with E-state index in [4.69, 9.17) is 0 Å². The predicted molar refractivity (Wildman–Crippen MR) is 60.1 cm³/mol. The van der Waals surface area contributed by atoms with E-state index in [0.717, 1.165) is 6.54 Å². The quantitative estimate of drug-likeness (QED) is 0.727. The fourth-order valence-corrected chi connectivity index (χ4v) is 1.57. The maximum absolute atomic E-state index is 11.3. The molecule has 0 atom stereocenters. The molecule has 0 bridgehead atoms. The molecule has 1 heterocycles. The first kappa shape index (κ1) is 9.71. The Kier molecular flexibility index (Phi) is 2.98. The first-order valence-corrected chi connectivity index (χ1v) is 5.00. The number of hydrogen-bond donors (Lipinski definition) is 0. The third-order valence-corrected chi connectivity index (χ3v) is 2.28. The van der Waals surface area contributed by atoms with Crippen LogP contribution in [0.5, 0.6) is 0 Å².